The van der Waals surface area contributed by atoms with E-state index in [1.807, 2.05) is 55.4 Å². The molecule has 0 bridgehead atoms. The Morgan fingerprint density at radius 1 is 0.606 bits per heavy atom. The summed E-state index contributed by atoms with van der Waals surface area (Å²) in [5.74, 6) is -2.38. The van der Waals surface area contributed by atoms with E-state index in [9.17, 15) is 9.59 Å². The van der Waals surface area contributed by atoms with Gasteiger partial charge in [-0.15, -0.1) is 0 Å². The Bertz CT molecular complexity index is 625. The fourth-order valence-corrected chi connectivity index (χ4v) is 2.39. The van der Waals surface area contributed by atoms with Crippen LogP contribution in [0.3, 0.4) is 0 Å². The van der Waals surface area contributed by atoms with Gasteiger partial charge in [0.25, 0.3) is 0 Å². The van der Waals surface area contributed by atoms with Gasteiger partial charge in [-0.05, 0) is 103 Å². The molecule has 0 aliphatic rings. The molecule has 0 amide bonds. The summed E-state index contributed by atoms with van der Waals surface area (Å²) in [4.78, 5) is 55.8. The maximum absolute atomic E-state index is 12.2. The lowest BCUT2D eigenvalue weighted by Gasteiger charge is -2.31. The standard InChI is InChI=1S/C24H46O9/c1-17(28-30-20(2,3)4)16-24(12,13)27-18(25)19(26)29-32-22(8,9)14-15-23(10,11)33-31-21(5,6)7/h17H,14-16H2,1-13H3. The lowest BCUT2D eigenvalue weighted by Crippen LogP contribution is -2.38. The number of carbonyl (C=O) groups excluding carboxylic acids is 2. The molecule has 0 fully saturated rings. The van der Waals surface area contributed by atoms with Crippen molar-refractivity contribution in [1.29, 1.82) is 0 Å². The van der Waals surface area contributed by atoms with Crippen molar-refractivity contribution in [2.75, 3.05) is 0 Å². The van der Waals surface area contributed by atoms with Crippen LogP contribution in [0.2, 0.25) is 0 Å². The molecule has 0 aliphatic heterocycles. The van der Waals surface area contributed by atoms with Gasteiger partial charge in [-0.3, -0.25) is 4.89 Å². The number of hydrogen-bond donors (Lipinski definition) is 0. The van der Waals surface area contributed by atoms with Crippen LogP contribution < -0.4 is 0 Å². The predicted molar refractivity (Wildman–Crippen MR) is 123 cm³/mol. The quantitative estimate of drug-likeness (QED) is 0.158. The van der Waals surface area contributed by atoms with Crippen LogP contribution in [0.5, 0.6) is 0 Å². The second-order valence-corrected chi connectivity index (χ2v) is 12.2. The molecular formula is C24H46O9. The van der Waals surface area contributed by atoms with Gasteiger partial charge < -0.3 is 4.74 Å². The first-order chi connectivity index (χ1) is 14.5. The van der Waals surface area contributed by atoms with E-state index in [-0.39, 0.29) is 6.10 Å². The van der Waals surface area contributed by atoms with E-state index >= 15 is 0 Å². The fourth-order valence-electron chi connectivity index (χ4n) is 2.39. The summed E-state index contributed by atoms with van der Waals surface area (Å²) in [6, 6.07) is 0. The topological polar surface area (TPSA) is 98.8 Å². The summed E-state index contributed by atoms with van der Waals surface area (Å²) < 4.78 is 5.28. The van der Waals surface area contributed by atoms with Gasteiger partial charge in [-0.25, -0.2) is 29.1 Å². The first kappa shape index (κ1) is 31.7. The Morgan fingerprint density at radius 3 is 1.52 bits per heavy atom. The SMILES string of the molecule is CC(CC(C)(C)OC(=O)C(=O)OOC(C)(C)CCC(C)(C)OOC(C)(C)C)OOC(C)(C)C. The van der Waals surface area contributed by atoms with Crippen molar-refractivity contribution in [2.45, 2.75) is 143 Å². The zero-order valence-corrected chi connectivity index (χ0v) is 22.9. The molecule has 0 aliphatic carbocycles. The van der Waals surface area contributed by atoms with Crippen LogP contribution in [0.4, 0.5) is 0 Å². The largest absolute Gasteiger partial charge is 0.451 e. The monoisotopic (exact) mass is 478 g/mol. The average molecular weight is 479 g/mol. The Kier molecular flexibility index (Phi) is 11.5. The summed E-state index contributed by atoms with van der Waals surface area (Å²) in [5.41, 5.74) is -3.34. The fraction of sp³-hybridized carbons (Fsp3) is 0.917. The minimum atomic E-state index is -1.23. The third kappa shape index (κ3) is 16.9. The maximum atomic E-state index is 12.2. The van der Waals surface area contributed by atoms with E-state index in [0.29, 0.717) is 19.3 Å². The Labute approximate surface area is 199 Å². The minimum Gasteiger partial charge on any atom is -0.451 e. The zero-order valence-electron chi connectivity index (χ0n) is 22.9. The molecule has 0 N–H and O–H groups in total. The number of rotatable bonds is 12. The van der Waals surface area contributed by atoms with E-state index in [0.717, 1.165) is 0 Å². The summed E-state index contributed by atoms with van der Waals surface area (Å²) >= 11 is 0. The lowest BCUT2D eigenvalue weighted by atomic mass is 9.94. The number of carbonyl (C=O) groups is 2. The van der Waals surface area contributed by atoms with Gasteiger partial charge >= 0.3 is 11.9 Å². The summed E-state index contributed by atoms with van der Waals surface area (Å²) in [7, 11) is 0. The molecule has 1 atom stereocenters. The highest BCUT2D eigenvalue weighted by molar-refractivity contribution is 6.29. The van der Waals surface area contributed by atoms with Crippen LogP contribution in [0.15, 0.2) is 0 Å². The Hall–Kier alpha value is -1.26. The first-order valence-corrected chi connectivity index (χ1v) is 11.4. The smallest absolute Gasteiger partial charge is 0.449 e. The molecule has 0 spiro atoms. The molecule has 0 aromatic carbocycles. The molecule has 196 valence electrons. The lowest BCUT2D eigenvalue weighted by molar-refractivity contribution is -0.400. The van der Waals surface area contributed by atoms with Crippen molar-refractivity contribution in [3.63, 3.8) is 0 Å². The molecule has 1 unspecified atom stereocenters. The van der Waals surface area contributed by atoms with Gasteiger partial charge in [0.15, 0.2) is 0 Å². The molecule has 9 nitrogen and oxygen atoms in total. The van der Waals surface area contributed by atoms with Crippen molar-refractivity contribution >= 4 is 11.9 Å². The van der Waals surface area contributed by atoms with Crippen LogP contribution in [-0.4, -0.2) is 46.0 Å². The van der Waals surface area contributed by atoms with Crippen molar-refractivity contribution in [3.05, 3.63) is 0 Å². The van der Waals surface area contributed by atoms with E-state index in [2.05, 4.69) is 0 Å². The second-order valence-electron chi connectivity index (χ2n) is 12.2. The number of ether oxygens (including phenoxy) is 1. The van der Waals surface area contributed by atoms with Gasteiger partial charge in [-0.1, -0.05) is 0 Å². The molecule has 0 saturated carbocycles. The molecular weight excluding hydrogens is 432 g/mol. The van der Waals surface area contributed by atoms with Gasteiger partial charge in [0, 0.05) is 6.42 Å². The average Bonchev–Trinajstić information content (AvgIpc) is 2.60. The molecule has 9 heteroatoms. The molecule has 0 aromatic heterocycles. The minimum absolute atomic E-state index is 0.306. The molecule has 0 saturated heterocycles. The maximum Gasteiger partial charge on any atom is 0.449 e. The Morgan fingerprint density at radius 2 is 1.06 bits per heavy atom. The molecule has 0 aromatic rings. The summed E-state index contributed by atoms with van der Waals surface area (Å²) in [5, 5.41) is 0. The highest BCUT2D eigenvalue weighted by Gasteiger charge is 2.34. The summed E-state index contributed by atoms with van der Waals surface area (Å²) in [6.45, 7) is 23.6. The van der Waals surface area contributed by atoms with Crippen LogP contribution in [0, 0.1) is 0 Å². The van der Waals surface area contributed by atoms with E-state index in [1.54, 1.807) is 34.6 Å². The van der Waals surface area contributed by atoms with E-state index < -0.39 is 39.9 Å². The van der Waals surface area contributed by atoms with Crippen LogP contribution in [0.1, 0.15) is 109 Å². The van der Waals surface area contributed by atoms with Crippen molar-refractivity contribution in [1.82, 2.24) is 0 Å². The van der Waals surface area contributed by atoms with Crippen molar-refractivity contribution in [3.8, 4) is 0 Å². The summed E-state index contributed by atoms with van der Waals surface area (Å²) in [6.07, 6.45) is 0.968. The van der Waals surface area contributed by atoms with Crippen molar-refractivity contribution in [2.24, 2.45) is 0 Å². The number of hydrogen-bond acceptors (Lipinski definition) is 9. The molecule has 33 heavy (non-hydrogen) atoms. The molecule has 0 rings (SSSR count). The predicted octanol–water partition coefficient (Wildman–Crippen LogP) is 5.39. The third-order valence-electron chi connectivity index (χ3n) is 3.97. The highest BCUT2D eigenvalue weighted by atomic mass is 17.2. The van der Waals surface area contributed by atoms with Crippen LogP contribution in [-0.2, 0) is 43.7 Å². The molecule has 0 heterocycles. The van der Waals surface area contributed by atoms with E-state index in [4.69, 9.17) is 34.1 Å². The van der Waals surface area contributed by atoms with Crippen molar-refractivity contribution < 1.29 is 43.7 Å². The van der Waals surface area contributed by atoms with Crippen LogP contribution >= 0.6 is 0 Å². The van der Waals surface area contributed by atoms with Gasteiger partial charge in [0.1, 0.15) is 11.2 Å². The van der Waals surface area contributed by atoms with Gasteiger partial charge in [0.2, 0.25) is 0 Å². The zero-order chi connectivity index (χ0) is 26.3. The van der Waals surface area contributed by atoms with E-state index in [1.165, 1.54) is 0 Å². The normalized spacial score (nSPS) is 14.7. The van der Waals surface area contributed by atoms with Gasteiger partial charge in [-0.2, -0.15) is 4.89 Å². The highest BCUT2D eigenvalue weighted by Crippen LogP contribution is 2.27. The first-order valence-electron chi connectivity index (χ1n) is 11.4. The van der Waals surface area contributed by atoms with Gasteiger partial charge in [0.05, 0.1) is 22.9 Å². The third-order valence-corrected chi connectivity index (χ3v) is 3.97. The number of esters is 1. The Balaban J connectivity index is 4.58. The molecule has 0 radical (unpaired) electrons. The van der Waals surface area contributed by atoms with Crippen LogP contribution in [0.25, 0.3) is 0 Å². The second kappa shape index (κ2) is 11.9.